The highest BCUT2D eigenvalue weighted by Gasteiger charge is 2.33. The zero-order valence-corrected chi connectivity index (χ0v) is 12.6. The van der Waals surface area contributed by atoms with E-state index >= 15 is 0 Å². The first kappa shape index (κ1) is 14.1. The minimum atomic E-state index is -1.02. The molecule has 0 bridgehead atoms. The van der Waals surface area contributed by atoms with Gasteiger partial charge in [0.2, 0.25) is 0 Å². The van der Waals surface area contributed by atoms with Crippen LogP contribution in [0.5, 0.6) is 0 Å². The molecule has 0 spiro atoms. The first-order chi connectivity index (χ1) is 10.1. The smallest absolute Gasteiger partial charge is 0.254 e. The van der Waals surface area contributed by atoms with Crippen molar-refractivity contribution < 1.29 is 13.4 Å². The Kier molecular flexibility index (Phi) is 3.92. The summed E-state index contributed by atoms with van der Waals surface area (Å²) in [7, 11) is -1.02. The number of carbonyl (C=O) groups excluding carboxylic acids is 1. The van der Waals surface area contributed by atoms with Crippen LogP contribution in [0.1, 0.15) is 29.0 Å². The van der Waals surface area contributed by atoms with Gasteiger partial charge < -0.3 is 9.32 Å². The quantitative estimate of drug-likeness (QED) is 0.853. The van der Waals surface area contributed by atoms with Crippen LogP contribution < -0.4 is 0 Å². The van der Waals surface area contributed by atoms with E-state index in [0.29, 0.717) is 18.2 Å². The second kappa shape index (κ2) is 5.85. The molecule has 0 unspecified atom stereocenters. The van der Waals surface area contributed by atoms with Gasteiger partial charge in [-0.25, -0.2) is 0 Å². The molecule has 3 rings (SSSR count). The molecule has 1 saturated carbocycles. The molecule has 1 aromatic carbocycles. The van der Waals surface area contributed by atoms with E-state index in [1.807, 2.05) is 17.0 Å². The minimum Gasteiger partial charge on any atom is -0.467 e. The molecule has 110 valence electrons. The van der Waals surface area contributed by atoms with Crippen LogP contribution in [0, 0.1) is 0 Å². The number of rotatable bonds is 5. The maximum absolute atomic E-state index is 12.6. The van der Waals surface area contributed by atoms with Crippen LogP contribution in [0.15, 0.2) is 52.0 Å². The van der Waals surface area contributed by atoms with Crippen LogP contribution in [-0.2, 0) is 17.3 Å². The van der Waals surface area contributed by atoms with Crippen molar-refractivity contribution in [1.29, 1.82) is 0 Å². The predicted octanol–water partition coefficient (Wildman–Crippen LogP) is 2.82. The van der Waals surface area contributed by atoms with E-state index in [1.165, 1.54) is 0 Å². The number of hydrogen-bond acceptors (Lipinski definition) is 3. The maximum Gasteiger partial charge on any atom is 0.254 e. The maximum atomic E-state index is 12.6. The molecule has 1 heterocycles. The minimum absolute atomic E-state index is 0.00216. The van der Waals surface area contributed by atoms with E-state index in [1.54, 1.807) is 36.8 Å². The van der Waals surface area contributed by atoms with Crippen molar-refractivity contribution in [2.24, 2.45) is 0 Å². The van der Waals surface area contributed by atoms with Crippen molar-refractivity contribution in [1.82, 2.24) is 4.90 Å². The van der Waals surface area contributed by atoms with Crippen molar-refractivity contribution in [3.63, 3.8) is 0 Å². The van der Waals surface area contributed by atoms with Crippen molar-refractivity contribution >= 4 is 16.7 Å². The Balaban J connectivity index is 1.79. The van der Waals surface area contributed by atoms with E-state index in [4.69, 9.17) is 4.42 Å². The molecule has 1 fully saturated rings. The third-order valence-electron chi connectivity index (χ3n) is 3.59. The Morgan fingerprint density at radius 2 is 2.00 bits per heavy atom. The summed E-state index contributed by atoms with van der Waals surface area (Å²) in [6, 6.07) is 11.0. The fourth-order valence-corrected chi connectivity index (χ4v) is 2.80. The van der Waals surface area contributed by atoms with Gasteiger partial charge in [0.1, 0.15) is 5.76 Å². The second-order valence-corrected chi connectivity index (χ2v) is 6.60. The van der Waals surface area contributed by atoms with Gasteiger partial charge in [-0.05, 0) is 49.2 Å². The first-order valence-electron chi connectivity index (χ1n) is 6.92. The van der Waals surface area contributed by atoms with Gasteiger partial charge in [0.25, 0.3) is 5.91 Å². The number of hydrogen-bond donors (Lipinski definition) is 0. The SMILES string of the molecule is C[S@](=O)c1ccc(C(=O)N(Cc2ccco2)C2CC2)cc1. The summed E-state index contributed by atoms with van der Waals surface area (Å²) < 4.78 is 16.7. The molecule has 0 N–H and O–H groups in total. The molecule has 0 aliphatic heterocycles. The van der Waals surface area contributed by atoms with E-state index < -0.39 is 10.8 Å². The van der Waals surface area contributed by atoms with Crippen molar-refractivity contribution in [3.05, 3.63) is 54.0 Å². The monoisotopic (exact) mass is 303 g/mol. The van der Waals surface area contributed by atoms with Gasteiger partial charge in [0, 0.05) is 33.6 Å². The van der Waals surface area contributed by atoms with Gasteiger partial charge in [0.15, 0.2) is 0 Å². The van der Waals surface area contributed by atoms with Gasteiger partial charge in [-0.2, -0.15) is 0 Å². The number of nitrogens with zero attached hydrogens (tertiary/aromatic N) is 1. The summed E-state index contributed by atoms with van der Waals surface area (Å²) in [5, 5.41) is 0. The lowest BCUT2D eigenvalue weighted by molar-refractivity contribution is 0.0717. The van der Waals surface area contributed by atoms with Crippen LogP contribution in [0.3, 0.4) is 0 Å². The summed E-state index contributed by atoms with van der Waals surface area (Å²) in [5.41, 5.74) is 0.627. The van der Waals surface area contributed by atoms with E-state index in [0.717, 1.165) is 23.5 Å². The van der Waals surface area contributed by atoms with Gasteiger partial charge in [-0.15, -0.1) is 0 Å². The van der Waals surface area contributed by atoms with Gasteiger partial charge >= 0.3 is 0 Å². The normalized spacial score (nSPS) is 15.7. The fourth-order valence-electron chi connectivity index (χ4n) is 2.28. The average Bonchev–Trinajstić information content (AvgIpc) is 3.20. The molecule has 0 saturated heterocycles. The van der Waals surface area contributed by atoms with Crippen LogP contribution >= 0.6 is 0 Å². The Hall–Kier alpha value is -1.88. The molecule has 4 nitrogen and oxygen atoms in total. The highest BCUT2D eigenvalue weighted by Crippen LogP contribution is 2.30. The first-order valence-corrected chi connectivity index (χ1v) is 8.48. The summed E-state index contributed by atoms with van der Waals surface area (Å²) in [4.78, 5) is 15.2. The third kappa shape index (κ3) is 3.24. The molecule has 2 aromatic rings. The second-order valence-electron chi connectivity index (χ2n) is 5.22. The number of benzene rings is 1. The average molecular weight is 303 g/mol. The topological polar surface area (TPSA) is 50.5 Å². The predicted molar refractivity (Wildman–Crippen MR) is 80.4 cm³/mol. The van der Waals surface area contributed by atoms with Gasteiger partial charge in [-0.1, -0.05) is 0 Å². The molecule has 1 aliphatic rings. The molecule has 1 atom stereocenters. The molecule has 5 heteroatoms. The molecule has 1 aromatic heterocycles. The Morgan fingerprint density at radius 1 is 1.29 bits per heavy atom. The van der Waals surface area contributed by atoms with Gasteiger partial charge in [-0.3, -0.25) is 9.00 Å². The molecule has 21 heavy (non-hydrogen) atoms. The highest BCUT2D eigenvalue weighted by molar-refractivity contribution is 7.84. The summed E-state index contributed by atoms with van der Waals surface area (Å²) in [6.45, 7) is 0.498. The van der Waals surface area contributed by atoms with E-state index in [-0.39, 0.29) is 5.91 Å². The van der Waals surface area contributed by atoms with Crippen LogP contribution in [0.25, 0.3) is 0 Å². The number of furan rings is 1. The number of amides is 1. The zero-order chi connectivity index (χ0) is 14.8. The van der Waals surface area contributed by atoms with Crippen LogP contribution in [-0.4, -0.2) is 27.3 Å². The van der Waals surface area contributed by atoms with E-state index in [2.05, 4.69) is 0 Å². The molecule has 1 aliphatic carbocycles. The zero-order valence-electron chi connectivity index (χ0n) is 11.8. The lowest BCUT2D eigenvalue weighted by Gasteiger charge is -2.21. The summed E-state index contributed by atoms with van der Waals surface area (Å²) >= 11 is 0. The molecular weight excluding hydrogens is 286 g/mol. The van der Waals surface area contributed by atoms with E-state index in [9.17, 15) is 9.00 Å². The molecular formula is C16H17NO3S. The Labute approximate surface area is 126 Å². The van der Waals surface area contributed by atoms with Crippen molar-refractivity contribution in [2.45, 2.75) is 30.3 Å². The van der Waals surface area contributed by atoms with Crippen LogP contribution in [0.4, 0.5) is 0 Å². The highest BCUT2D eigenvalue weighted by atomic mass is 32.2. The van der Waals surface area contributed by atoms with Crippen molar-refractivity contribution in [2.75, 3.05) is 6.26 Å². The summed E-state index contributed by atoms with van der Waals surface area (Å²) in [5.74, 6) is 0.795. The number of carbonyl (C=O) groups is 1. The third-order valence-corrected chi connectivity index (χ3v) is 4.52. The summed E-state index contributed by atoms with van der Waals surface area (Å²) in [6.07, 6.45) is 5.34. The van der Waals surface area contributed by atoms with Gasteiger partial charge in [0.05, 0.1) is 12.8 Å². The lowest BCUT2D eigenvalue weighted by Crippen LogP contribution is -2.32. The lowest BCUT2D eigenvalue weighted by atomic mass is 10.2. The molecule has 0 radical (unpaired) electrons. The van der Waals surface area contributed by atoms with Crippen molar-refractivity contribution in [3.8, 4) is 0 Å². The standard InChI is InChI=1S/C16H17NO3S/c1-21(19)15-8-4-12(5-9-15)16(18)17(13-6-7-13)11-14-3-2-10-20-14/h2-5,8-10,13H,6-7,11H2,1H3/t21-/m0/s1. The largest absolute Gasteiger partial charge is 0.467 e. The van der Waals surface area contributed by atoms with Crippen LogP contribution in [0.2, 0.25) is 0 Å². The fraction of sp³-hybridized carbons (Fsp3) is 0.312. The molecule has 1 amide bonds. The Morgan fingerprint density at radius 3 is 2.52 bits per heavy atom. The Bertz CT molecular complexity index is 645.